The first-order valence-electron chi connectivity index (χ1n) is 36.9. The summed E-state index contributed by atoms with van der Waals surface area (Å²) in [5.74, 6) is 1.29. The van der Waals surface area contributed by atoms with Gasteiger partial charge in [0.1, 0.15) is 5.82 Å². The molecule has 1 aliphatic carbocycles. The van der Waals surface area contributed by atoms with E-state index in [2.05, 4.69) is 45.3 Å². The Kier molecular flexibility index (Phi) is 7.03. The summed E-state index contributed by atoms with van der Waals surface area (Å²) >= 11 is 0. The average molecular weight is 1210 g/mol. The molecule has 3 aromatic heterocycles. The van der Waals surface area contributed by atoms with Gasteiger partial charge in [0.15, 0.2) is 0 Å². The molecule has 6 heteroatoms. The molecule has 0 spiro atoms. The quantitative estimate of drug-likeness (QED) is 0.123. The molecule has 0 atom stereocenters. The minimum absolute atomic E-state index is 0. The van der Waals surface area contributed by atoms with E-state index >= 15 is 0 Å². The zero-order chi connectivity index (χ0) is 72.9. The van der Waals surface area contributed by atoms with E-state index in [1.807, 2.05) is 71.3 Å². The fourth-order valence-corrected chi connectivity index (χ4v) is 10.8. The van der Waals surface area contributed by atoms with Crippen LogP contribution in [-0.2, 0) is 37.3 Å². The minimum atomic E-state index is -4.56. The van der Waals surface area contributed by atoms with Crippen molar-refractivity contribution < 1.29 is 63.3 Å². The van der Waals surface area contributed by atoms with Crippen molar-refractivity contribution in [3.05, 3.63) is 235 Å². The van der Waals surface area contributed by atoms with Crippen molar-refractivity contribution in [3.8, 4) is 84.3 Å². The maximum atomic E-state index is 10.1. The standard InChI is InChI=1S/C72H58N4O.Pt/c1-70(2,3)49-36-39-73-67(42-49)76-64-28-14-13-24-57(64)58-34-32-52(44-66(58)76)77-51-21-15-20-50(43-51)74-45-75-68-53(46-18-9-8-10-19-46)25-16-26-60(68)61-40-47(48-31-35-62-63(41-48)72(6,7)38-37-71(62,4)5)30-33-56(61)54-22-11-12-23-55(54)59-27-17-29-65(74)69(59)75;/h8-36,39-42H,37-38H2,1-7H3;/q-2;/i4D3,5D3,6D3,7D3,8D,9D,10D,18D,19D,31D,35D,37D2,38D2,41D;. The van der Waals surface area contributed by atoms with Crippen LogP contribution in [0.15, 0.2) is 200 Å². The van der Waals surface area contributed by atoms with E-state index in [1.165, 1.54) is 12.1 Å². The van der Waals surface area contributed by atoms with E-state index in [1.54, 1.807) is 76.0 Å². The minimum Gasteiger partial charge on any atom is -0.510 e. The summed E-state index contributed by atoms with van der Waals surface area (Å²) in [4.78, 5) is 4.82. The van der Waals surface area contributed by atoms with Crippen LogP contribution in [0.5, 0.6) is 11.5 Å². The van der Waals surface area contributed by atoms with Crippen molar-refractivity contribution in [1.82, 2.24) is 14.1 Å². The summed E-state index contributed by atoms with van der Waals surface area (Å²) in [6, 6.07) is 42.5. The summed E-state index contributed by atoms with van der Waals surface area (Å²) in [6.07, 6.45) is -3.78. The molecule has 384 valence electrons. The van der Waals surface area contributed by atoms with Gasteiger partial charge in [-0.2, -0.15) is 18.2 Å². The molecule has 0 unspecified atom stereocenters. The zero-order valence-corrected chi connectivity index (χ0v) is 44.2. The first-order valence-corrected chi connectivity index (χ1v) is 24.9. The van der Waals surface area contributed by atoms with Crippen molar-refractivity contribution in [1.29, 1.82) is 0 Å². The smallest absolute Gasteiger partial charge is 0.268 e. The van der Waals surface area contributed by atoms with Crippen LogP contribution in [0.4, 0.5) is 0 Å². The van der Waals surface area contributed by atoms with E-state index < -0.39 is 116 Å². The summed E-state index contributed by atoms with van der Waals surface area (Å²) < 4.78 is 231. The molecule has 1 aliphatic heterocycles. The molecule has 0 bridgehead atoms. The van der Waals surface area contributed by atoms with E-state index in [0.29, 0.717) is 56.1 Å². The molecule has 0 amide bonds. The predicted octanol–water partition coefficient (Wildman–Crippen LogP) is 17.9. The fraction of sp³-hybridized carbons (Fsp3) is 0.167. The molecular formula is C72H58N4OPt-2. The van der Waals surface area contributed by atoms with Gasteiger partial charge in [-0.3, -0.25) is 4.57 Å². The van der Waals surface area contributed by atoms with Gasteiger partial charge < -0.3 is 13.9 Å². The van der Waals surface area contributed by atoms with E-state index in [9.17, 15) is 12.3 Å². The zero-order valence-electron chi connectivity index (χ0n) is 65.9. The number of para-hydroxylation sites is 3. The van der Waals surface area contributed by atoms with Gasteiger partial charge in [0.25, 0.3) is 6.33 Å². The van der Waals surface area contributed by atoms with E-state index in [-0.39, 0.29) is 65.7 Å². The molecule has 14 rings (SSSR count). The first-order chi connectivity index (χ1) is 47.2. The van der Waals surface area contributed by atoms with Crippen LogP contribution in [0.25, 0.3) is 106 Å². The first kappa shape index (κ1) is 29.6. The van der Waals surface area contributed by atoms with Gasteiger partial charge in [0.05, 0.1) is 27.7 Å². The number of hydrogen-bond acceptors (Lipinski definition) is 2. The number of ether oxygens (including phenoxy) is 1. The van der Waals surface area contributed by atoms with Crippen LogP contribution in [0.1, 0.15) is 111 Å². The van der Waals surface area contributed by atoms with Crippen molar-refractivity contribution in [3.63, 3.8) is 0 Å². The van der Waals surface area contributed by atoms with Crippen LogP contribution in [0, 0.1) is 18.5 Å². The predicted molar refractivity (Wildman–Crippen MR) is 315 cm³/mol. The van der Waals surface area contributed by atoms with Crippen LogP contribution in [0.2, 0.25) is 0 Å². The molecule has 9 aromatic carbocycles. The van der Waals surface area contributed by atoms with Crippen LogP contribution in [-0.4, -0.2) is 14.1 Å². The maximum absolute atomic E-state index is 10.1. The Bertz CT molecular complexity index is 5470. The number of benzene rings is 9. The average Bonchev–Trinajstić information content (AvgIpc) is 0.743. The van der Waals surface area contributed by atoms with Crippen molar-refractivity contribution in [2.75, 3.05) is 0 Å². The van der Waals surface area contributed by atoms with Crippen molar-refractivity contribution >= 4 is 32.8 Å². The molecule has 0 radical (unpaired) electrons. The molecule has 2 aliphatic rings. The normalized spacial score (nSPS) is 20.5. The Morgan fingerprint density at radius 1 is 0.603 bits per heavy atom. The number of fused-ring (bicyclic) bond motifs is 11. The number of nitrogens with zero attached hydrogens (tertiary/aromatic N) is 4. The monoisotopic (exact) mass is 1210 g/mol. The third-order valence-corrected chi connectivity index (χ3v) is 14.4. The van der Waals surface area contributed by atoms with Gasteiger partial charge in [0.2, 0.25) is 0 Å². The Morgan fingerprint density at radius 3 is 2.12 bits per heavy atom. The van der Waals surface area contributed by atoms with Gasteiger partial charge in [-0.05, 0) is 137 Å². The second kappa shape index (κ2) is 18.5. The summed E-state index contributed by atoms with van der Waals surface area (Å²) in [5.41, 5.74) is -6.84. The Balaban J connectivity index is 0.00000928. The van der Waals surface area contributed by atoms with Gasteiger partial charge in [-0.15, -0.1) is 29.7 Å². The number of hydrogen-bond donors (Lipinski definition) is 0. The SMILES string of the molecule is [2H]c1c([2H])c([2H])c(-c2cccc3c2-[n+]2[c-]n(-c4[c-]c(Oc5[c-]c6c(cc5)c5ccccc5n6-c5cc(C(C)(C)C)ccn5)ccc4)c4cccc(c42)-c2ccccc2-c2ccc(-c4c([2H])c([2H])c5c(c4[2H])C(C([2H])([2H])[2H])(C([2H])([2H])[2H])C([2H])([2H])C([2H])([2H])C5(C([2H])([2H])[2H])C([2H])([2H])[2H])cc2-3)c([2H])c1[2H].[Pt]. The fourth-order valence-electron chi connectivity index (χ4n) is 10.8. The molecule has 0 saturated carbocycles. The Morgan fingerprint density at radius 2 is 1.29 bits per heavy atom. The number of aromatic nitrogens is 4. The largest absolute Gasteiger partial charge is 0.510 e. The van der Waals surface area contributed by atoms with Gasteiger partial charge >= 0.3 is 0 Å². The van der Waals surface area contributed by atoms with Crippen molar-refractivity contribution in [2.24, 2.45) is 0 Å². The Labute approximate surface area is 505 Å². The van der Waals surface area contributed by atoms with Gasteiger partial charge in [-0.25, -0.2) is 4.98 Å². The Hall–Kier alpha value is -8.11. The van der Waals surface area contributed by atoms with Crippen LogP contribution in [0.3, 0.4) is 0 Å². The topological polar surface area (TPSA) is 35.9 Å². The summed E-state index contributed by atoms with van der Waals surface area (Å²) in [5, 5.41) is 1.88. The molecular weight excluding hydrogens is 1130 g/mol. The molecule has 4 heterocycles. The van der Waals surface area contributed by atoms with E-state index in [4.69, 9.17) is 30.3 Å². The number of rotatable bonds is 6. The van der Waals surface area contributed by atoms with Crippen LogP contribution < -0.4 is 9.30 Å². The number of pyridine rings is 1. The second-order valence-corrected chi connectivity index (χ2v) is 20.3. The number of imidazole rings is 1. The molecule has 0 saturated heterocycles. The maximum Gasteiger partial charge on any atom is 0.268 e. The molecule has 5 nitrogen and oxygen atoms in total. The van der Waals surface area contributed by atoms with Gasteiger partial charge in [0, 0.05) is 66.2 Å². The summed E-state index contributed by atoms with van der Waals surface area (Å²) in [7, 11) is 0. The molecule has 78 heavy (non-hydrogen) atoms. The molecule has 0 N–H and O–H groups in total. The molecule has 0 fully saturated rings. The third kappa shape index (κ3) is 8.08. The summed E-state index contributed by atoms with van der Waals surface area (Å²) in [6.45, 7) is -10.7. The van der Waals surface area contributed by atoms with Gasteiger partial charge in [-0.1, -0.05) is 193 Å². The van der Waals surface area contributed by atoms with E-state index in [0.717, 1.165) is 21.9 Å². The third-order valence-electron chi connectivity index (χ3n) is 14.4. The van der Waals surface area contributed by atoms with Crippen LogP contribution >= 0.6 is 0 Å². The molecule has 12 aromatic rings. The van der Waals surface area contributed by atoms with Crippen molar-refractivity contribution in [2.45, 2.75) is 77.2 Å². The second-order valence-electron chi connectivity index (χ2n) is 20.3.